The number of nitrogens with zero attached hydrogens (tertiary/aromatic N) is 4. The highest BCUT2D eigenvalue weighted by Gasteiger charge is 2.17. The minimum Gasteiger partial charge on any atom is -0.385 e. The van der Waals surface area contributed by atoms with Gasteiger partial charge in [0.2, 0.25) is 0 Å². The van der Waals surface area contributed by atoms with Gasteiger partial charge in [-0.05, 0) is 44.5 Å². The third kappa shape index (κ3) is 5.22. The van der Waals surface area contributed by atoms with E-state index in [4.69, 9.17) is 16.3 Å². The Balaban J connectivity index is 1.70. The van der Waals surface area contributed by atoms with E-state index < -0.39 is 0 Å². The van der Waals surface area contributed by atoms with Gasteiger partial charge in [-0.2, -0.15) is 0 Å². The Bertz CT molecular complexity index is 688. The number of benzene rings is 1. The molecule has 0 atom stereocenters. The summed E-state index contributed by atoms with van der Waals surface area (Å²) in [7, 11) is 1.73. The maximum Gasteiger partial charge on any atom is 0.191 e. The van der Waals surface area contributed by atoms with E-state index in [9.17, 15) is 0 Å². The van der Waals surface area contributed by atoms with Crippen molar-refractivity contribution >= 4 is 23.4 Å². The summed E-state index contributed by atoms with van der Waals surface area (Å²) < 4.78 is 7.40. The molecule has 1 aromatic carbocycles. The number of methoxy groups -OCH3 is 1. The standard InChI is InChI=1S/C19H27ClN4OS/c1-25-14-7-12-24-18(16-8-3-4-9-17(16)20)21-22-19(24)26-15-13-23-10-5-2-6-11-23/h3-4,8-9H,2,5-7,10-15H2,1H3. The highest BCUT2D eigenvalue weighted by molar-refractivity contribution is 7.99. The van der Waals surface area contributed by atoms with Crippen molar-refractivity contribution < 1.29 is 4.74 Å². The number of hydrogen-bond donors (Lipinski definition) is 0. The van der Waals surface area contributed by atoms with E-state index in [0.717, 1.165) is 48.4 Å². The summed E-state index contributed by atoms with van der Waals surface area (Å²) in [5.74, 6) is 1.87. The van der Waals surface area contributed by atoms with Crippen LogP contribution in [-0.4, -0.2) is 58.8 Å². The van der Waals surface area contributed by atoms with Crippen molar-refractivity contribution in [3.05, 3.63) is 29.3 Å². The minimum absolute atomic E-state index is 0.706. The quantitative estimate of drug-likeness (QED) is 0.470. The van der Waals surface area contributed by atoms with Crippen LogP contribution in [-0.2, 0) is 11.3 Å². The smallest absolute Gasteiger partial charge is 0.191 e. The summed E-state index contributed by atoms with van der Waals surface area (Å²) >= 11 is 8.17. The molecule has 0 N–H and O–H groups in total. The Morgan fingerprint density at radius 2 is 1.92 bits per heavy atom. The van der Waals surface area contributed by atoms with Gasteiger partial charge >= 0.3 is 0 Å². The number of aromatic nitrogens is 3. The first-order valence-corrected chi connectivity index (χ1v) is 10.7. The van der Waals surface area contributed by atoms with Crippen molar-refractivity contribution in [3.8, 4) is 11.4 Å². The lowest BCUT2D eigenvalue weighted by molar-refractivity contribution is 0.189. The lowest BCUT2D eigenvalue weighted by Gasteiger charge is -2.25. The van der Waals surface area contributed by atoms with E-state index in [-0.39, 0.29) is 0 Å². The van der Waals surface area contributed by atoms with E-state index in [2.05, 4.69) is 19.7 Å². The van der Waals surface area contributed by atoms with Crippen molar-refractivity contribution in [2.45, 2.75) is 37.4 Å². The van der Waals surface area contributed by atoms with Gasteiger partial charge in [-0.3, -0.25) is 0 Å². The van der Waals surface area contributed by atoms with Gasteiger partial charge in [-0.25, -0.2) is 0 Å². The second-order valence-corrected chi connectivity index (χ2v) is 8.00. The summed E-state index contributed by atoms with van der Waals surface area (Å²) in [5, 5.41) is 10.6. The molecular weight excluding hydrogens is 368 g/mol. The Hall–Kier alpha value is -1.08. The van der Waals surface area contributed by atoms with Gasteiger partial charge in [0.25, 0.3) is 0 Å². The Morgan fingerprint density at radius 1 is 1.12 bits per heavy atom. The summed E-state index contributed by atoms with van der Waals surface area (Å²) in [4.78, 5) is 2.55. The van der Waals surface area contributed by atoms with E-state index >= 15 is 0 Å². The number of rotatable bonds is 9. The number of hydrogen-bond acceptors (Lipinski definition) is 5. The first-order valence-electron chi connectivity index (χ1n) is 9.32. The molecule has 0 saturated carbocycles. The van der Waals surface area contributed by atoms with Gasteiger partial charge in [0, 0.05) is 38.1 Å². The molecule has 142 valence electrons. The number of halogens is 1. The second kappa shape index (κ2) is 10.3. The third-order valence-electron chi connectivity index (χ3n) is 4.65. The van der Waals surface area contributed by atoms with Crippen molar-refractivity contribution in [1.82, 2.24) is 19.7 Å². The number of thioether (sulfide) groups is 1. The normalized spacial score (nSPS) is 15.5. The lowest BCUT2D eigenvalue weighted by atomic mass is 10.1. The zero-order valence-electron chi connectivity index (χ0n) is 15.4. The maximum atomic E-state index is 6.39. The fraction of sp³-hybridized carbons (Fsp3) is 0.579. The molecule has 2 heterocycles. The minimum atomic E-state index is 0.706. The molecular formula is C19H27ClN4OS. The number of likely N-dealkylation sites (tertiary alicyclic amines) is 1. The van der Waals surface area contributed by atoms with Crippen LogP contribution in [0.15, 0.2) is 29.4 Å². The summed E-state index contributed by atoms with van der Waals surface area (Å²) in [5.41, 5.74) is 0.932. The van der Waals surface area contributed by atoms with Crippen LogP contribution in [0.1, 0.15) is 25.7 Å². The van der Waals surface area contributed by atoms with Crippen LogP contribution in [0.5, 0.6) is 0 Å². The van der Waals surface area contributed by atoms with Crippen LogP contribution in [0, 0.1) is 0 Å². The summed E-state index contributed by atoms with van der Waals surface area (Å²) in [6.07, 6.45) is 4.95. The average Bonchev–Trinajstić information content (AvgIpc) is 3.06. The van der Waals surface area contributed by atoms with Gasteiger partial charge < -0.3 is 14.2 Å². The van der Waals surface area contributed by atoms with Gasteiger partial charge in [0.15, 0.2) is 11.0 Å². The fourth-order valence-corrected chi connectivity index (χ4v) is 4.44. The summed E-state index contributed by atoms with van der Waals surface area (Å²) in [6.45, 7) is 5.11. The zero-order valence-corrected chi connectivity index (χ0v) is 16.9. The molecule has 0 amide bonds. The molecule has 1 fully saturated rings. The molecule has 0 unspecified atom stereocenters. The Kier molecular flexibility index (Phi) is 7.80. The molecule has 1 aromatic heterocycles. The summed E-state index contributed by atoms with van der Waals surface area (Å²) in [6, 6.07) is 7.82. The van der Waals surface area contributed by atoms with Crippen LogP contribution < -0.4 is 0 Å². The molecule has 1 aliphatic heterocycles. The van der Waals surface area contributed by atoms with E-state index in [1.54, 1.807) is 18.9 Å². The number of piperidine rings is 1. The van der Waals surface area contributed by atoms with Gasteiger partial charge in [-0.1, -0.05) is 41.9 Å². The Morgan fingerprint density at radius 3 is 2.69 bits per heavy atom. The van der Waals surface area contributed by atoms with Gasteiger partial charge in [0.1, 0.15) is 0 Å². The molecule has 0 aliphatic carbocycles. The SMILES string of the molecule is COCCCn1c(SCCN2CCCCC2)nnc1-c1ccccc1Cl. The van der Waals surface area contributed by atoms with Crippen LogP contribution >= 0.6 is 23.4 Å². The lowest BCUT2D eigenvalue weighted by Crippen LogP contribution is -2.31. The predicted molar refractivity (Wildman–Crippen MR) is 108 cm³/mol. The predicted octanol–water partition coefficient (Wildman–Crippen LogP) is 4.21. The Labute approximate surface area is 165 Å². The maximum absolute atomic E-state index is 6.39. The van der Waals surface area contributed by atoms with E-state index in [1.807, 2.05) is 24.3 Å². The molecule has 0 bridgehead atoms. The topological polar surface area (TPSA) is 43.2 Å². The average molecular weight is 395 g/mol. The molecule has 1 saturated heterocycles. The number of ether oxygens (including phenoxy) is 1. The largest absolute Gasteiger partial charge is 0.385 e. The van der Waals surface area contributed by atoms with Gasteiger partial charge in [0.05, 0.1) is 5.02 Å². The second-order valence-electron chi connectivity index (χ2n) is 6.53. The first kappa shape index (κ1) is 19.7. The first-order chi connectivity index (χ1) is 12.8. The monoisotopic (exact) mass is 394 g/mol. The fourth-order valence-electron chi connectivity index (χ4n) is 3.25. The molecule has 0 radical (unpaired) electrons. The van der Waals surface area contributed by atoms with Crippen molar-refractivity contribution in [2.24, 2.45) is 0 Å². The molecule has 1 aliphatic rings. The molecule has 5 nitrogen and oxygen atoms in total. The van der Waals surface area contributed by atoms with Gasteiger partial charge in [-0.15, -0.1) is 10.2 Å². The molecule has 7 heteroatoms. The van der Waals surface area contributed by atoms with Crippen LogP contribution in [0.25, 0.3) is 11.4 Å². The molecule has 26 heavy (non-hydrogen) atoms. The molecule has 3 rings (SSSR count). The van der Waals surface area contributed by atoms with Crippen LogP contribution in [0.4, 0.5) is 0 Å². The molecule has 0 spiro atoms. The molecule has 2 aromatic rings. The van der Waals surface area contributed by atoms with E-state index in [0.29, 0.717) is 5.02 Å². The van der Waals surface area contributed by atoms with Crippen LogP contribution in [0.2, 0.25) is 5.02 Å². The van der Waals surface area contributed by atoms with Crippen LogP contribution in [0.3, 0.4) is 0 Å². The highest BCUT2D eigenvalue weighted by Crippen LogP contribution is 2.29. The van der Waals surface area contributed by atoms with Crippen molar-refractivity contribution in [3.63, 3.8) is 0 Å². The van der Waals surface area contributed by atoms with Crippen molar-refractivity contribution in [1.29, 1.82) is 0 Å². The third-order valence-corrected chi connectivity index (χ3v) is 5.93. The highest BCUT2D eigenvalue weighted by atomic mass is 35.5. The van der Waals surface area contributed by atoms with E-state index in [1.165, 1.54) is 32.4 Å². The zero-order chi connectivity index (χ0) is 18.2. The van der Waals surface area contributed by atoms with Crippen molar-refractivity contribution in [2.75, 3.05) is 39.1 Å².